The molecule has 3 nitrogen and oxygen atoms in total. The molecule has 1 aromatic carbocycles. The maximum absolute atomic E-state index is 6.28. The summed E-state index contributed by atoms with van der Waals surface area (Å²) in [4.78, 5) is 2.59. The predicted molar refractivity (Wildman–Crippen MR) is 87.2 cm³/mol. The standard InChI is InChI=1S/C17H25ClN2O/c1-12(2)7-16-10-19-4-5-20(16)11-14-9-15(18)8-13-3-6-21-17(13)14/h8-9,12,16,19H,3-7,10-11H2,1-2H3. The molecule has 1 atom stereocenters. The van der Waals surface area contributed by atoms with E-state index in [1.165, 1.54) is 17.5 Å². The Kier molecular flexibility index (Phi) is 4.72. The third-order valence-corrected chi connectivity index (χ3v) is 4.63. The molecular weight excluding hydrogens is 284 g/mol. The van der Waals surface area contributed by atoms with Crippen molar-refractivity contribution in [1.29, 1.82) is 0 Å². The zero-order chi connectivity index (χ0) is 14.8. The summed E-state index contributed by atoms with van der Waals surface area (Å²) in [5.74, 6) is 1.81. The number of nitrogens with zero attached hydrogens (tertiary/aromatic N) is 1. The molecule has 2 aliphatic heterocycles. The van der Waals surface area contributed by atoms with Crippen molar-refractivity contribution in [3.05, 3.63) is 28.3 Å². The van der Waals surface area contributed by atoms with Gasteiger partial charge >= 0.3 is 0 Å². The lowest BCUT2D eigenvalue weighted by molar-refractivity contribution is 0.133. The van der Waals surface area contributed by atoms with Gasteiger partial charge in [-0.1, -0.05) is 25.4 Å². The van der Waals surface area contributed by atoms with E-state index in [2.05, 4.69) is 36.2 Å². The Morgan fingerprint density at radius 1 is 1.43 bits per heavy atom. The molecule has 116 valence electrons. The SMILES string of the molecule is CC(C)CC1CNCCN1Cc1cc(Cl)cc2c1OCC2. The summed E-state index contributed by atoms with van der Waals surface area (Å²) >= 11 is 6.28. The molecule has 21 heavy (non-hydrogen) atoms. The van der Waals surface area contributed by atoms with E-state index in [-0.39, 0.29) is 0 Å². The van der Waals surface area contributed by atoms with Crippen LogP contribution in [0.4, 0.5) is 0 Å². The van der Waals surface area contributed by atoms with Crippen LogP contribution in [-0.4, -0.2) is 37.2 Å². The number of rotatable bonds is 4. The predicted octanol–water partition coefficient (Wildman–Crippen LogP) is 3.09. The first-order valence-corrected chi connectivity index (χ1v) is 8.40. The van der Waals surface area contributed by atoms with Crippen LogP contribution in [0, 0.1) is 5.92 Å². The fourth-order valence-electron chi connectivity index (χ4n) is 3.47. The highest BCUT2D eigenvalue weighted by atomic mass is 35.5. The Morgan fingerprint density at radius 3 is 3.10 bits per heavy atom. The van der Waals surface area contributed by atoms with E-state index >= 15 is 0 Å². The molecule has 2 heterocycles. The van der Waals surface area contributed by atoms with Gasteiger partial charge in [-0.15, -0.1) is 0 Å². The van der Waals surface area contributed by atoms with Crippen LogP contribution in [0.3, 0.4) is 0 Å². The molecule has 1 unspecified atom stereocenters. The zero-order valence-electron chi connectivity index (χ0n) is 13.0. The van der Waals surface area contributed by atoms with Gasteiger partial charge in [-0.3, -0.25) is 4.90 Å². The van der Waals surface area contributed by atoms with Gasteiger partial charge in [0.2, 0.25) is 0 Å². The van der Waals surface area contributed by atoms with E-state index in [9.17, 15) is 0 Å². The van der Waals surface area contributed by atoms with Crippen molar-refractivity contribution >= 4 is 11.6 Å². The van der Waals surface area contributed by atoms with Gasteiger partial charge in [-0.05, 0) is 30.0 Å². The number of hydrogen-bond donors (Lipinski definition) is 1. The summed E-state index contributed by atoms with van der Waals surface area (Å²) in [6, 6.07) is 4.74. The Bertz CT molecular complexity index is 504. The average Bonchev–Trinajstić information content (AvgIpc) is 2.88. The molecule has 1 aromatic rings. The largest absolute Gasteiger partial charge is 0.493 e. The molecule has 0 saturated carbocycles. The van der Waals surface area contributed by atoms with Gasteiger partial charge in [0.05, 0.1) is 6.61 Å². The Balaban J connectivity index is 1.78. The number of halogens is 1. The van der Waals surface area contributed by atoms with Crippen LogP contribution in [0.2, 0.25) is 5.02 Å². The first-order valence-electron chi connectivity index (χ1n) is 8.02. The highest BCUT2D eigenvalue weighted by molar-refractivity contribution is 6.30. The van der Waals surface area contributed by atoms with Crippen LogP contribution in [0.1, 0.15) is 31.4 Å². The number of hydrogen-bond acceptors (Lipinski definition) is 3. The minimum atomic E-state index is 0.606. The number of benzene rings is 1. The maximum Gasteiger partial charge on any atom is 0.127 e. The molecule has 0 radical (unpaired) electrons. The van der Waals surface area contributed by atoms with Crippen molar-refractivity contribution in [2.45, 2.75) is 39.3 Å². The van der Waals surface area contributed by atoms with Gasteiger partial charge in [-0.2, -0.15) is 0 Å². The normalized spacial score (nSPS) is 22.4. The fraction of sp³-hybridized carbons (Fsp3) is 0.647. The smallest absolute Gasteiger partial charge is 0.127 e. The van der Waals surface area contributed by atoms with Gasteiger partial charge in [0, 0.05) is 49.2 Å². The Morgan fingerprint density at radius 2 is 2.29 bits per heavy atom. The van der Waals surface area contributed by atoms with E-state index in [4.69, 9.17) is 16.3 Å². The molecule has 1 saturated heterocycles. The van der Waals surface area contributed by atoms with Crippen molar-refractivity contribution in [2.75, 3.05) is 26.2 Å². The number of ether oxygens (including phenoxy) is 1. The molecule has 0 bridgehead atoms. The van der Waals surface area contributed by atoms with Crippen LogP contribution in [0.15, 0.2) is 12.1 Å². The van der Waals surface area contributed by atoms with Gasteiger partial charge in [0.15, 0.2) is 0 Å². The Labute approximate surface area is 132 Å². The Hall–Kier alpha value is -0.770. The molecule has 1 fully saturated rings. The van der Waals surface area contributed by atoms with Crippen LogP contribution in [-0.2, 0) is 13.0 Å². The van der Waals surface area contributed by atoms with Crippen molar-refractivity contribution in [3.63, 3.8) is 0 Å². The third kappa shape index (κ3) is 3.53. The molecule has 0 amide bonds. The van der Waals surface area contributed by atoms with E-state index in [1.54, 1.807) is 0 Å². The minimum Gasteiger partial charge on any atom is -0.493 e. The lowest BCUT2D eigenvalue weighted by atomic mass is 9.99. The number of piperazine rings is 1. The number of fused-ring (bicyclic) bond motifs is 1. The first-order chi connectivity index (χ1) is 10.1. The second-order valence-corrected chi connectivity index (χ2v) is 7.05. The summed E-state index contributed by atoms with van der Waals surface area (Å²) in [5.41, 5.74) is 2.53. The monoisotopic (exact) mass is 308 g/mol. The molecule has 3 rings (SSSR count). The minimum absolute atomic E-state index is 0.606. The molecule has 2 aliphatic rings. The van der Waals surface area contributed by atoms with Crippen LogP contribution in [0.5, 0.6) is 5.75 Å². The van der Waals surface area contributed by atoms with Crippen molar-refractivity contribution < 1.29 is 4.74 Å². The topological polar surface area (TPSA) is 24.5 Å². The molecule has 4 heteroatoms. The van der Waals surface area contributed by atoms with Crippen LogP contribution in [0.25, 0.3) is 0 Å². The second kappa shape index (κ2) is 6.55. The lowest BCUT2D eigenvalue weighted by Crippen LogP contribution is -2.51. The van der Waals surface area contributed by atoms with Gasteiger partial charge in [-0.25, -0.2) is 0 Å². The highest BCUT2D eigenvalue weighted by Gasteiger charge is 2.25. The highest BCUT2D eigenvalue weighted by Crippen LogP contribution is 2.34. The summed E-state index contributed by atoms with van der Waals surface area (Å²) in [6.45, 7) is 9.58. The quantitative estimate of drug-likeness (QED) is 0.925. The van der Waals surface area contributed by atoms with E-state index in [1.807, 2.05) is 0 Å². The van der Waals surface area contributed by atoms with Gasteiger partial charge in [0.25, 0.3) is 0 Å². The molecule has 0 aromatic heterocycles. The second-order valence-electron chi connectivity index (χ2n) is 6.61. The molecule has 0 aliphatic carbocycles. The van der Waals surface area contributed by atoms with E-state index < -0.39 is 0 Å². The lowest BCUT2D eigenvalue weighted by Gasteiger charge is -2.37. The fourth-order valence-corrected chi connectivity index (χ4v) is 3.73. The molecule has 0 spiro atoms. The van der Waals surface area contributed by atoms with E-state index in [0.29, 0.717) is 6.04 Å². The van der Waals surface area contributed by atoms with Gasteiger partial charge < -0.3 is 10.1 Å². The molecular formula is C17H25ClN2O. The summed E-state index contributed by atoms with van der Waals surface area (Å²) in [7, 11) is 0. The van der Waals surface area contributed by atoms with Crippen molar-refractivity contribution in [3.8, 4) is 5.75 Å². The number of nitrogens with one attached hydrogen (secondary N) is 1. The van der Waals surface area contributed by atoms with Crippen molar-refractivity contribution in [1.82, 2.24) is 10.2 Å². The van der Waals surface area contributed by atoms with Crippen LogP contribution >= 0.6 is 11.6 Å². The summed E-state index contributed by atoms with van der Waals surface area (Å²) < 4.78 is 5.84. The van der Waals surface area contributed by atoms with Gasteiger partial charge in [0.1, 0.15) is 5.75 Å². The summed E-state index contributed by atoms with van der Waals surface area (Å²) in [6.07, 6.45) is 2.22. The zero-order valence-corrected chi connectivity index (χ0v) is 13.7. The average molecular weight is 309 g/mol. The molecule has 1 N–H and O–H groups in total. The third-order valence-electron chi connectivity index (χ3n) is 4.41. The van der Waals surface area contributed by atoms with E-state index in [0.717, 1.165) is 55.9 Å². The van der Waals surface area contributed by atoms with Crippen molar-refractivity contribution in [2.24, 2.45) is 5.92 Å². The van der Waals surface area contributed by atoms with Crippen LogP contribution < -0.4 is 10.1 Å². The summed E-state index contributed by atoms with van der Waals surface area (Å²) in [5, 5.41) is 4.36. The maximum atomic E-state index is 6.28. The first kappa shape index (κ1) is 15.1.